The van der Waals surface area contributed by atoms with Crippen LogP contribution in [0.1, 0.15) is 60.3 Å². The molecule has 0 aliphatic heterocycles. The number of hydrogen-bond donors (Lipinski definition) is 0. The summed E-state index contributed by atoms with van der Waals surface area (Å²) in [5.74, 6) is 0.444. The van der Waals surface area contributed by atoms with Gasteiger partial charge in [-0.05, 0) is 57.6 Å². The fourth-order valence-corrected chi connectivity index (χ4v) is 1.56. The van der Waals surface area contributed by atoms with Crippen LogP contribution >= 0.6 is 0 Å². The third-order valence-corrected chi connectivity index (χ3v) is 3.01. The predicted molar refractivity (Wildman–Crippen MR) is 81.0 cm³/mol. The second kappa shape index (κ2) is 10.6. The molecule has 1 atom stereocenters. The van der Waals surface area contributed by atoms with Gasteiger partial charge in [0.25, 0.3) is 0 Å². The summed E-state index contributed by atoms with van der Waals surface area (Å²) in [5.41, 5.74) is 5.56. The first kappa shape index (κ1) is 17.7. The highest BCUT2D eigenvalue weighted by atomic mass is 16.5. The zero-order valence-electron chi connectivity index (χ0n) is 13.1. The summed E-state index contributed by atoms with van der Waals surface area (Å²) in [6, 6.07) is 0. The minimum Gasteiger partial charge on any atom is -0.466 e. The maximum absolute atomic E-state index is 11.3. The minimum absolute atomic E-state index is 0.171. The molecule has 0 aromatic heterocycles. The van der Waals surface area contributed by atoms with Crippen LogP contribution in [-0.2, 0) is 9.53 Å². The van der Waals surface area contributed by atoms with Crippen LogP contribution in [0.5, 0.6) is 0 Å². The number of carbonyl (C=O) groups excluding carboxylic acids is 1. The quantitative estimate of drug-likeness (QED) is 0.357. The van der Waals surface area contributed by atoms with Crippen LogP contribution in [0.25, 0.3) is 0 Å². The van der Waals surface area contributed by atoms with E-state index in [0.29, 0.717) is 18.9 Å². The molecule has 2 nitrogen and oxygen atoms in total. The topological polar surface area (TPSA) is 26.3 Å². The molecule has 1 unspecified atom stereocenters. The van der Waals surface area contributed by atoms with Gasteiger partial charge in [-0.1, -0.05) is 25.5 Å². The lowest BCUT2D eigenvalue weighted by molar-refractivity contribution is -0.142. The van der Waals surface area contributed by atoms with Gasteiger partial charge in [-0.25, -0.2) is 0 Å². The van der Waals surface area contributed by atoms with Crippen molar-refractivity contribution in [3.63, 3.8) is 0 Å². The summed E-state index contributed by atoms with van der Waals surface area (Å²) in [5, 5.41) is 0. The summed E-state index contributed by atoms with van der Waals surface area (Å²) in [7, 11) is 0. The highest BCUT2D eigenvalue weighted by Crippen LogP contribution is 2.12. The second-order valence-corrected chi connectivity index (χ2v) is 5.09. The first-order valence-electron chi connectivity index (χ1n) is 7.21. The Hall–Kier alpha value is -1.27. The lowest BCUT2D eigenvalue weighted by atomic mass is 10.0. The molecule has 0 aromatic rings. The minimum atomic E-state index is -0.171. The summed E-state index contributed by atoms with van der Waals surface area (Å²) >= 11 is 0. The molecular formula is C17H28O2. The van der Waals surface area contributed by atoms with Crippen molar-refractivity contribution in [2.75, 3.05) is 6.61 Å². The van der Waals surface area contributed by atoms with E-state index in [0.717, 1.165) is 24.8 Å². The van der Waals surface area contributed by atoms with E-state index in [4.69, 9.17) is 4.74 Å². The molecule has 0 saturated heterocycles. The van der Waals surface area contributed by atoms with Gasteiger partial charge in [0.2, 0.25) is 0 Å². The molecule has 0 N–H and O–H groups in total. The third-order valence-electron chi connectivity index (χ3n) is 3.01. The molecule has 0 saturated carbocycles. The Bertz CT molecular complexity index is 357. The Kier molecular flexibility index (Phi) is 9.92. The molecule has 0 bridgehead atoms. The lowest BCUT2D eigenvalue weighted by Crippen LogP contribution is -2.03. The van der Waals surface area contributed by atoms with Crippen molar-refractivity contribution >= 4 is 5.97 Å². The maximum atomic E-state index is 11.3. The molecule has 0 aliphatic rings. The van der Waals surface area contributed by atoms with Crippen molar-refractivity contribution < 1.29 is 9.53 Å². The highest BCUT2D eigenvalue weighted by molar-refractivity contribution is 5.72. The van der Waals surface area contributed by atoms with Gasteiger partial charge in [0.15, 0.2) is 0 Å². The van der Waals surface area contributed by atoms with E-state index in [-0.39, 0.29) is 5.97 Å². The monoisotopic (exact) mass is 264 g/mol. The number of allylic oxidation sites excluding steroid dienone is 2. The predicted octanol–water partition coefficient (Wildman–Crippen LogP) is 4.81. The van der Waals surface area contributed by atoms with E-state index in [1.54, 1.807) is 0 Å². The molecule has 0 fully saturated rings. The van der Waals surface area contributed by atoms with E-state index < -0.39 is 0 Å². The lowest BCUT2D eigenvalue weighted by Gasteiger charge is -2.05. The number of carbonyl (C=O) groups is 1. The maximum Gasteiger partial charge on any atom is 0.310 e. The van der Waals surface area contributed by atoms with Crippen molar-refractivity contribution in [3.8, 4) is 0 Å². The largest absolute Gasteiger partial charge is 0.466 e. The highest BCUT2D eigenvalue weighted by Gasteiger charge is 2.01. The Labute approximate surface area is 118 Å². The van der Waals surface area contributed by atoms with E-state index in [1.807, 2.05) is 19.9 Å². The molecule has 19 heavy (non-hydrogen) atoms. The van der Waals surface area contributed by atoms with Gasteiger partial charge in [-0.2, -0.15) is 0 Å². The number of hydrogen-bond acceptors (Lipinski definition) is 2. The van der Waals surface area contributed by atoms with Gasteiger partial charge < -0.3 is 4.74 Å². The summed E-state index contributed by atoms with van der Waals surface area (Å²) in [6.45, 7) is 10.8. The van der Waals surface area contributed by atoms with Crippen LogP contribution in [0.4, 0.5) is 0 Å². The molecule has 0 heterocycles. The summed E-state index contributed by atoms with van der Waals surface area (Å²) < 4.78 is 4.90. The van der Waals surface area contributed by atoms with Crippen LogP contribution in [0, 0.1) is 5.92 Å². The van der Waals surface area contributed by atoms with Gasteiger partial charge in [0, 0.05) is 0 Å². The first-order valence-corrected chi connectivity index (χ1v) is 7.21. The van der Waals surface area contributed by atoms with Crippen LogP contribution in [0.15, 0.2) is 29.0 Å². The number of esters is 1. The average molecular weight is 264 g/mol. The van der Waals surface area contributed by atoms with E-state index in [1.165, 1.54) is 5.57 Å². The number of rotatable bonds is 8. The van der Waals surface area contributed by atoms with Crippen molar-refractivity contribution in [1.82, 2.24) is 0 Å². The average Bonchev–Trinajstić information content (AvgIpc) is 2.36. The molecule has 0 aromatic carbocycles. The van der Waals surface area contributed by atoms with Gasteiger partial charge in [0.05, 0.1) is 13.0 Å². The van der Waals surface area contributed by atoms with Crippen molar-refractivity contribution in [2.45, 2.75) is 60.3 Å². The molecule has 0 spiro atoms. The van der Waals surface area contributed by atoms with E-state index >= 15 is 0 Å². The van der Waals surface area contributed by atoms with Crippen LogP contribution < -0.4 is 0 Å². The van der Waals surface area contributed by atoms with E-state index in [2.05, 4.69) is 32.6 Å². The smallest absolute Gasteiger partial charge is 0.310 e. The zero-order chi connectivity index (χ0) is 14.7. The molecule has 2 heteroatoms. The standard InChI is InChI=1S/C17H28O2/c1-6-14(3)11-12-15(4)9-8-10-16(5)13-17(18)19-7-2/h8,11,15H,6-7,9,12-13H2,1-5H3. The fraction of sp³-hybridized carbons (Fsp3) is 0.647. The normalized spacial score (nSPS) is 12.6. The Morgan fingerprint density at radius 1 is 1.26 bits per heavy atom. The molecule has 108 valence electrons. The molecule has 0 radical (unpaired) electrons. The SMILES string of the molecule is CCOC(=O)CC(C)=C=CCC(C)CC=C(C)CC. The van der Waals surface area contributed by atoms with Gasteiger partial charge >= 0.3 is 5.97 Å². The van der Waals surface area contributed by atoms with E-state index in [9.17, 15) is 4.79 Å². The zero-order valence-corrected chi connectivity index (χ0v) is 13.1. The van der Waals surface area contributed by atoms with Gasteiger partial charge in [-0.3, -0.25) is 4.79 Å². The molecule has 0 amide bonds. The number of ether oxygens (including phenoxy) is 1. The van der Waals surface area contributed by atoms with Gasteiger partial charge in [-0.15, -0.1) is 5.73 Å². The molecule has 0 aliphatic carbocycles. The van der Waals surface area contributed by atoms with Crippen LogP contribution in [0.3, 0.4) is 0 Å². The summed E-state index contributed by atoms with van der Waals surface area (Å²) in [6.07, 6.45) is 7.92. The van der Waals surface area contributed by atoms with Crippen LogP contribution in [0.2, 0.25) is 0 Å². The Morgan fingerprint density at radius 2 is 1.95 bits per heavy atom. The molecule has 0 rings (SSSR count). The molecular weight excluding hydrogens is 236 g/mol. The second-order valence-electron chi connectivity index (χ2n) is 5.09. The van der Waals surface area contributed by atoms with Crippen molar-refractivity contribution in [1.29, 1.82) is 0 Å². The van der Waals surface area contributed by atoms with Crippen molar-refractivity contribution in [3.05, 3.63) is 29.0 Å². The summed E-state index contributed by atoms with van der Waals surface area (Å²) in [4.78, 5) is 11.3. The fourth-order valence-electron chi connectivity index (χ4n) is 1.56. The van der Waals surface area contributed by atoms with Crippen LogP contribution in [-0.4, -0.2) is 12.6 Å². The Morgan fingerprint density at radius 3 is 2.53 bits per heavy atom. The Balaban J connectivity index is 4.14. The van der Waals surface area contributed by atoms with Crippen molar-refractivity contribution in [2.24, 2.45) is 5.92 Å². The van der Waals surface area contributed by atoms with Gasteiger partial charge in [0.1, 0.15) is 0 Å². The third kappa shape index (κ3) is 10.3. The first-order chi connectivity index (χ1) is 8.99.